The van der Waals surface area contributed by atoms with Crippen molar-refractivity contribution in [2.75, 3.05) is 13.2 Å². The van der Waals surface area contributed by atoms with E-state index in [0.29, 0.717) is 43.5 Å². The first kappa shape index (κ1) is 40.7. The number of carboxylic acids is 1. The minimum absolute atomic E-state index is 0.227. The number of ether oxygens (including phenoxy) is 2. The van der Waals surface area contributed by atoms with Gasteiger partial charge in [0.25, 0.3) is 0 Å². The van der Waals surface area contributed by atoms with Crippen LogP contribution in [0.25, 0.3) is 22.9 Å². The summed E-state index contributed by atoms with van der Waals surface area (Å²) in [5.74, 6) is 3.80. The molecule has 2 heterocycles. The van der Waals surface area contributed by atoms with E-state index in [0.717, 1.165) is 70.0 Å². The second-order valence-electron chi connectivity index (χ2n) is 15.2. The van der Waals surface area contributed by atoms with Crippen LogP contribution in [0.15, 0.2) is 45.2 Å². The summed E-state index contributed by atoms with van der Waals surface area (Å²) in [5.41, 5.74) is 7.89. The number of nitrogens with zero attached hydrogens (tertiary/aromatic N) is 2. The van der Waals surface area contributed by atoms with E-state index in [2.05, 4.69) is 119 Å². The molecule has 4 aromatic rings. The Kier molecular flexibility index (Phi) is 14.5. The molecule has 0 radical (unpaired) electrons. The van der Waals surface area contributed by atoms with Gasteiger partial charge in [-0.2, -0.15) is 0 Å². The Hall–Kier alpha value is -3.02. The van der Waals surface area contributed by atoms with E-state index in [1.54, 1.807) is 13.8 Å². The summed E-state index contributed by atoms with van der Waals surface area (Å²) in [6, 6.07) is 12.6. The van der Waals surface area contributed by atoms with Gasteiger partial charge >= 0.3 is 5.97 Å². The molecule has 1 fully saturated rings. The molecule has 0 bridgehead atoms. The molecule has 9 heteroatoms. The fraction of sp³-hybridized carbons (Fsp3) is 0.548. The highest BCUT2D eigenvalue weighted by molar-refractivity contribution is 14.1. The molecule has 51 heavy (non-hydrogen) atoms. The van der Waals surface area contributed by atoms with E-state index in [1.165, 1.54) is 22.3 Å². The molecular weight excluding hydrogens is 755 g/mol. The maximum atomic E-state index is 11.3. The maximum absolute atomic E-state index is 11.3. The zero-order chi connectivity index (χ0) is 37.5. The Morgan fingerprint density at radius 1 is 0.824 bits per heavy atom. The molecule has 0 saturated heterocycles. The Morgan fingerprint density at radius 2 is 1.31 bits per heavy atom. The average Bonchev–Trinajstić information content (AvgIpc) is 3.72. The predicted molar refractivity (Wildman–Crippen MR) is 211 cm³/mol. The molecule has 5 rings (SSSR count). The number of aryl methyl sites for hydroxylation is 4. The fourth-order valence-corrected chi connectivity index (χ4v) is 6.79. The lowest BCUT2D eigenvalue weighted by molar-refractivity contribution is -0.163. The third-order valence-electron chi connectivity index (χ3n) is 9.82. The van der Waals surface area contributed by atoms with E-state index >= 15 is 0 Å². The van der Waals surface area contributed by atoms with Crippen LogP contribution in [0, 0.1) is 39.5 Å². The van der Waals surface area contributed by atoms with Crippen molar-refractivity contribution >= 4 is 28.6 Å². The van der Waals surface area contributed by atoms with Crippen molar-refractivity contribution in [1.82, 2.24) is 9.97 Å². The molecule has 8 nitrogen and oxygen atoms in total. The third kappa shape index (κ3) is 11.0. The maximum Gasteiger partial charge on any atom is 0.335 e. The van der Waals surface area contributed by atoms with Crippen molar-refractivity contribution in [2.24, 2.45) is 11.8 Å². The number of benzene rings is 2. The molecule has 1 N–H and O–H groups in total. The number of oxazole rings is 2. The summed E-state index contributed by atoms with van der Waals surface area (Å²) >= 11 is 2.33. The molecule has 0 unspecified atom stereocenters. The Morgan fingerprint density at radius 3 is 1.76 bits per heavy atom. The zero-order valence-corrected chi connectivity index (χ0v) is 34.3. The molecule has 1 saturated carbocycles. The lowest BCUT2D eigenvalue weighted by Gasteiger charge is -2.31. The number of hydrogen-bond donors (Lipinski definition) is 1. The van der Waals surface area contributed by atoms with Gasteiger partial charge < -0.3 is 23.4 Å². The molecule has 0 spiro atoms. The normalized spacial score (nSPS) is 16.4. The standard InChI is InChI=1S/C27H39NO5.C15H18INO/c1-17(2)24-23(28-25(33-24)22-11-10-18(3)19(4)12-22)16-31-14-20-8-7-9-21(13-20)15-32-27(5,6)26(29)30;1-9(2)14-13(8-16)17-15(18-14)12-6-5-10(3)11(4)7-12/h10-12,17,20-21H,7-9,13-16H2,1-6H3,(H,29,30);5-7,9H,8H2,1-4H3/t20-,21+;/m1./s1. The number of halogens is 1. The quantitative estimate of drug-likeness (QED) is 0.105. The number of alkyl halides is 1. The topological polar surface area (TPSA) is 108 Å². The second kappa shape index (κ2) is 18.1. The molecule has 2 atom stereocenters. The van der Waals surface area contributed by atoms with Crippen molar-refractivity contribution in [3.63, 3.8) is 0 Å². The van der Waals surface area contributed by atoms with Crippen molar-refractivity contribution in [1.29, 1.82) is 0 Å². The summed E-state index contributed by atoms with van der Waals surface area (Å²) in [7, 11) is 0. The average molecular weight is 813 g/mol. The number of carboxylic acid groups (broad SMARTS) is 1. The molecule has 1 aliphatic carbocycles. The molecule has 278 valence electrons. The molecular formula is C42H57IN2O6. The number of aliphatic carboxylic acids is 1. The largest absolute Gasteiger partial charge is 0.479 e. The molecule has 2 aromatic heterocycles. The monoisotopic (exact) mass is 812 g/mol. The number of aromatic nitrogens is 2. The minimum Gasteiger partial charge on any atom is -0.479 e. The summed E-state index contributed by atoms with van der Waals surface area (Å²) in [4.78, 5) is 20.7. The minimum atomic E-state index is -1.14. The van der Waals surface area contributed by atoms with Gasteiger partial charge in [0.1, 0.15) is 17.2 Å². The van der Waals surface area contributed by atoms with Crippen LogP contribution in [0.3, 0.4) is 0 Å². The van der Waals surface area contributed by atoms with E-state index in [-0.39, 0.29) is 5.92 Å². The van der Waals surface area contributed by atoms with Gasteiger partial charge in [-0.1, -0.05) is 68.8 Å². The van der Waals surface area contributed by atoms with Crippen molar-refractivity contribution < 1.29 is 28.2 Å². The first-order chi connectivity index (χ1) is 24.1. The van der Waals surface area contributed by atoms with Gasteiger partial charge in [-0.3, -0.25) is 0 Å². The summed E-state index contributed by atoms with van der Waals surface area (Å²) < 4.78 is 24.8. The lowest BCUT2D eigenvalue weighted by Crippen LogP contribution is -2.37. The van der Waals surface area contributed by atoms with Crippen LogP contribution in [0.2, 0.25) is 0 Å². The van der Waals surface area contributed by atoms with Crippen LogP contribution in [-0.4, -0.2) is 39.9 Å². The molecule has 0 aliphatic heterocycles. The van der Waals surface area contributed by atoms with Crippen LogP contribution in [0.1, 0.15) is 124 Å². The fourth-order valence-electron chi connectivity index (χ4n) is 6.24. The van der Waals surface area contributed by atoms with Gasteiger partial charge in [-0.25, -0.2) is 14.8 Å². The van der Waals surface area contributed by atoms with Gasteiger partial charge in [0, 0.05) is 34.0 Å². The highest BCUT2D eigenvalue weighted by Gasteiger charge is 2.31. The Bertz CT molecular complexity index is 1750. The van der Waals surface area contributed by atoms with E-state index in [4.69, 9.17) is 23.3 Å². The smallest absolute Gasteiger partial charge is 0.335 e. The van der Waals surface area contributed by atoms with Gasteiger partial charge in [-0.15, -0.1) is 0 Å². The van der Waals surface area contributed by atoms with Crippen molar-refractivity contribution in [3.8, 4) is 22.9 Å². The first-order valence-corrected chi connectivity index (χ1v) is 19.8. The van der Waals surface area contributed by atoms with Gasteiger partial charge in [0.05, 0.1) is 18.9 Å². The van der Waals surface area contributed by atoms with Crippen LogP contribution in [-0.2, 0) is 25.3 Å². The number of hydrogen-bond acceptors (Lipinski definition) is 7. The van der Waals surface area contributed by atoms with Crippen LogP contribution in [0.5, 0.6) is 0 Å². The molecule has 1 aliphatic rings. The summed E-state index contributed by atoms with van der Waals surface area (Å²) in [6.45, 7) is 21.7. The number of rotatable bonds is 13. The lowest BCUT2D eigenvalue weighted by atomic mass is 9.82. The van der Waals surface area contributed by atoms with Crippen molar-refractivity contribution in [3.05, 3.63) is 81.6 Å². The highest BCUT2D eigenvalue weighted by Crippen LogP contribution is 2.33. The van der Waals surface area contributed by atoms with E-state index in [9.17, 15) is 9.90 Å². The van der Waals surface area contributed by atoms with E-state index in [1.807, 2.05) is 0 Å². The van der Waals surface area contributed by atoms with E-state index < -0.39 is 11.6 Å². The third-order valence-corrected chi connectivity index (χ3v) is 10.5. The van der Waals surface area contributed by atoms with Crippen LogP contribution < -0.4 is 0 Å². The van der Waals surface area contributed by atoms with Crippen LogP contribution in [0.4, 0.5) is 0 Å². The second-order valence-corrected chi connectivity index (χ2v) is 16.0. The summed E-state index contributed by atoms with van der Waals surface area (Å²) in [6.07, 6.45) is 4.32. The summed E-state index contributed by atoms with van der Waals surface area (Å²) in [5, 5.41) is 9.25. The van der Waals surface area contributed by atoms with Gasteiger partial charge in [-0.05, 0) is 119 Å². The molecule has 2 aromatic carbocycles. The zero-order valence-electron chi connectivity index (χ0n) is 32.2. The molecule has 0 amide bonds. The predicted octanol–water partition coefficient (Wildman–Crippen LogP) is 11.3. The Labute approximate surface area is 318 Å². The first-order valence-electron chi connectivity index (χ1n) is 18.2. The van der Waals surface area contributed by atoms with Gasteiger partial charge in [0.15, 0.2) is 5.60 Å². The number of carbonyl (C=O) groups is 1. The SMILES string of the molecule is Cc1ccc(-c2nc(CI)c(C(C)C)o2)cc1C.Cc1ccc(-c2nc(COC[C@@H]3CCC[C@H](COC(C)(C)C(=O)O)C3)c(C(C)C)o2)cc1C. The van der Waals surface area contributed by atoms with Gasteiger partial charge in [0.2, 0.25) is 11.8 Å². The Balaban J connectivity index is 0.000000272. The van der Waals surface area contributed by atoms with Crippen LogP contribution >= 0.6 is 22.6 Å². The highest BCUT2D eigenvalue weighted by atomic mass is 127. The van der Waals surface area contributed by atoms with Crippen molar-refractivity contribution in [2.45, 2.75) is 123 Å².